The predicted octanol–water partition coefficient (Wildman–Crippen LogP) is 3.66. The summed E-state index contributed by atoms with van der Waals surface area (Å²) in [7, 11) is 4.00. The molecule has 0 aliphatic rings. The quantitative estimate of drug-likeness (QED) is 0.935. The van der Waals surface area contributed by atoms with Gasteiger partial charge in [-0.3, -0.25) is 0 Å². The van der Waals surface area contributed by atoms with E-state index in [9.17, 15) is 5.11 Å². The van der Waals surface area contributed by atoms with Crippen LogP contribution < -0.4 is 4.90 Å². The molecule has 1 unspecified atom stereocenters. The maximum atomic E-state index is 10.3. The van der Waals surface area contributed by atoms with Crippen molar-refractivity contribution in [1.29, 1.82) is 0 Å². The fraction of sp³-hybridized carbons (Fsp3) is 0.231. The first-order valence-corrected chi connectivity index (χ1v) is 6.95. The number of benzene rings is 1. The summed E-state index contributed by atoms with van der Waals surface area (Å²) in [6.45, 7) is 0. The molecule has 1 heterocycles. The zero-order valence-corrected chi connectivity index (χ0v) is 12.1. The number of nitrogens with zero attached hydrogens (tertiary/aromatic N) is 1. The molecule has 2 nitrogen and oxygen atoms in total. The summed E-state index contributed by atoms with van der Waals surface area (Å²) in [4.78, 5) is 2.99. The molecular formula is C13H14BrNOS. The number of thiophene rings is 1. The molecule has 0 bridgehead atoms. The molecule has 1 aromatic heterocycles. The van der Waals surface area contributed by atoms with Crippen LogP contribution in [0.2, 0.25) is 0 Å². The van der Waals surface area contributed by atoms with Crippen LogP contribution in [-0.4, -0.2) is 19.2 Å². The summed E-state index contributed by atoms with van der Waals surface area (Å²) >= 11 is 5.00. The lowest BCUT2D eigenvalue weighted by molar-refractivity contribution is 0.223. The monoisotopic (exact) mass is 311 g/mol. The van der Waals surface area contributed by atoms with Gasteiger partial charge in [-0.1, -0.05) is 12.1 Å². The summed E-state index contributed by atoms with van der Waals surface area (Å²) < 4.78 is 0.965. The van der Waals surface area contributed by atoms with E-state index in [1.54, 1.807) is 11.3 Å². The summed E-state index contributed by atoms with van der Waals surface area (Å²) in [5.41, 5.74) is 2.05. The maximum absolute atomic E-state index is 10.3. The number of aliphatic hydroxyl groups is 1. The lowest BCUT2D eigenvalue weighted by atomic mass is 10.1. The molecule has 2 aromatic rings. The number of halogens is 1. The fourth-order valence-electron chi connectivity index (χ4n) is 1.61. The van der Waals surface area contributed by atoms with Crippen LogP contribution in [0.3, 0.4) is 0 Å². The molecule has 0 saturated carbocycles. The van der Waals surface area contributed by atoms with Crippen molar-refractivity contribution >= 4 is 33.0 Å². The van der Waals surface area contributed by atoms with Crippen molar-refractivity contribution in [3.05, 3.63) is 50.6 Å². The molecule has 0 fully saturated rings. The molecule has 4 heteroatoms. The lowest BCUT2D eigenvalue weighted by Crippen LogP contribution is -2.08. The van der Waals surface area contributed by atoms with E-state index in [1.807, 2.05) is 54.7 Å². The number of anilines is 1. The number of hydrogen-bond donors (Lipinski definition) is 1. The molecule has 1 atom stereocenters. The first-order valence-electron chi connectivity index (χ1n) is 5.28. The molecule has 0 amide bonds. The Kier molecular flexibility index (Phi) is 3.86. The summed E-state index contributed by atoms with van der Waals surface area (Å²) in [5, 5.41) is 12.2. The van der Waals surface area contributed by atoms with Crippen LogP contribution in [0.25, 0.3) is 0 Å². The fourth-order valence-corrected chi connectivity index (χ4v) is 3.21. The smallest absolute Gasteiger partial charge is 0.114 e. The van der Waals surface area contributed by atoms with Crippen molar-refractivity contribution in [1.82, 2.24) is 0 Å². The van der Waals surface area contributed by atoms with E-state index in [4.69, 9.17) is 0 Å². The number of aliphatic hydroxyl groups excluding tert-OH is 1. The van der Waals surface area contributed by atoms with Crippen LogP contribution in [0.15, 0.2) is 40.2 Å². The Balaban J connectivity index is 2.26. The van der Waals surface area contributed by atoms with Crippen molar-refractivity contribution in [2.75, 3.05) is 19.0 Å². The Morgan fingerprint density at radius 2 is 1.82 bits per heavy atom. The average Bonchev–Trinajstić information content (AvgIpc) is 2.74. The van der Waals surface area contributed by atoms with Crippen molar-refractivity contribution < 1.29 is 5.11 Å². The molecule has 0 saturated heterocycles. The largest absolute Gasteiger partial charge is 0.383 e. The number of hydrogen-bond acceptors (Lipinski definition) is 3. The van der Waals surface area contributed by atoms with Crippen LogP contribution >= 0.6 is 27.3 Å². The third-order valence-electron chi connectivity index (χ3n) is 2.62. The molecule has 0 aliphatic carbocycles. The van der Waals surface area contributed by atoms with Crippen LogP contribution in [0.5, 0.6) is 0 Å². The second kappa shape index (κ2) is 5.21. The first-order chi connectivity index (χ1) is 8.09. The molecule has 0 radical (unpaired) electrons. The highest BCUT2D eigenvalue weighted by atomic mass is 79.9. The zero-order valence-electron chi connectivity index (χ0n) is 9.72. The van der Waals surface area contributed by atoms with E-state index in [0.717, 1.165) is 20.6 Å². The topological polar surface area (TPSA) is 23.5 Å². The van der Waals surface area contributed by atoms with E-state index < -0.39 is 6.10 Å². The van der Waals surface area contributed by atoms with Gasteiger partial charge in [-0.15, -0.1) is 11.3 Å². The summed E-state index contributed by atoms with van der Waals surface area (Å²) in [6, 6.07) is 9.91. The van der Waals surface area contributed by atoms with E-state index in [0.29, 0.717) is 0 Å². The van der Waals surface area contributed by atoms with Crippen molar-refractivity contribution in [3.8, 4) is 0 Å². The van der Waals surface area contributed by atoms with Gasteiger partial charge in [0.15, 0.2) is 0 Å². The van der Waals surface area contributed by atoms with Crippen LogP contribution in [-0.2, 0) is 0 Å². The SMILES string of the molecule is CN(C)c1ccc(C(O)c2sccc2Br)cc1. The van der Waals surface area contributed by atoms with Gasteiger partial charge in [-0.2, -0.15) is 0 Å². The Hall–Kier alpha value is -0.840. The van der Waals surface area contributed by atoms with Gasteiger partial charge in [-0.05, 0) is 45.1 Å². The van der Waals surface area contributed by atoms with Gasteiger partial charge < -0.3 is 10.0 Å². The Bertz CT molecular complexity index is 492. The Morgan fingerprint density at radius 1 is 1.18 bits per heavy atom. The highest BCUT2D eigenvalue weighted by Gasteiger charge is 2.14. The zero-order chi connectivity index (χ0) is 12.4. The van der Waals surface area contributed by atoms with Crippen molar-refractivity contribution in [2.24, 2.45) is 0 Å². The molecule has 1 N–H and O–H groups in total. The van der Waals surface area contributed by atoms with Gasteiger partial charge in [0.2, 0.25) is 0 Å². The third kappa shape index (κ3) is 2.70. The van der Waals surface area contributed by atoms with Gasteiger partial charge >= 0.3 is 0 Å². The summed E-state index contributed by atoms with van der Waals surface area (Å²) in [5.74, 6) is 0. The molecular weight excluding hydrogens is 298 g/mol. The Labute approximate surface area is 114 Å². The van der Waals surface area contributed by atoms with Gasteiger partial charge in [0, 0.05) is 24.3 Å². The Morgan fingerprint density at radius 3 is 2.29 bits per heavy atom. The molecule has 1 aromatic carbocycles. The van der Waals surface area contributed by atoms with Crippen LogP contribution in [0.1, 0.15) is 16.5 Å². The second-order valence-electron chi connectivity index (χ2n) is 4.02. The third-order valence-corrected chi connectivity index (χ3v) is 4.54. The molecule has 17 heavy (non-hydrogen) atoms. The second-order valence-corrected chi connectivity index (χ2v) is 5.82. The average molecular weight is 312 g/mol. The normalized spacial score (nSPS) is 12.5. The summed E-state index contributed by atoms with van der Waals surface area (Å²) in [6.07, 6.45) is -0.555. The van der Waals surface area contributed by atoms with Gasteiger partial charge in [0.1, 0.15) is 6.10 Å². The minimum atomic E-state index is -0.555. The standard InChI is InChI=1S/C13H14BrNOS/c1-15(2)10-5-3-9(4-6-10)12(16)13-11(14)7-8-17-13/h3-8,12,16H,1-2H3. The minimum absolute atomic E-state index is 0.555. The van der Waals surface area contributed by atoms with E-state index >= 15 is 0 Å². The molecule has 2 rings (SSSR count). The highest BCUT2D eigenvalue weighted by Crippen LogP contribution is 2.33. The minimum Gasteiger partial charge on any atom is -0.383 e. The molecule has 0 aliphatic heterocycles. The van der Waals surface area contributed by atoms with Gasteiger partial charge in [0.25, 0.3) is 0 Å². The van der Waals surface area contributed by atoms with E-state index in [-0.39, 0.29) is 0 Å². The first kappa shape index (κ1) is 12.6. The van der Waals surface area contributed by atoms with Crippen LogP contribution in [0, 0.1) is 0 Å². The molecule has 0 spiro atoms. The van der Waals surface area contributed by atoms with Crippen molar-refractivity contribution in [3.63, 3.8) is 0 Å². The highest BCUT2D eigenvalue weighted by molar-refractivity contribution is 9.10. The molecule has 90 valence electrons. The van der Waals surface area contributed by atoms with Gasteiger partial charge in [-0.25, -0.2) is 0 Å². The maximum Gasteiger partial charge on any atom is 0.114 e. The predicted molar refractivity (Wildman–Crippen MR) is 76.8 cm³/mol. The van der Waals surface area contributed by atoms with E-state index in [2.05, 4.69) is 15.9 Å². The van der Waals surface area contributed by atoms with E-state index in [1.165, 1.54) is 0 Å². The lowest BCUT2D eigenvalue weighted by Gasteiger charge is -2.15. The number of rotatable bonds is 3. The van der Waals surface area contributed by atoms with Crippen LogP contribution in [0.4, 0.5) is 5.69 Å². The van der Waals surface area contributed by atoms with Gasteiger partial charge in [0.05, 0.1) is 4.88 Å². The van der Waals surface area contributed by atoms with Crippen molar-refractivity contribution in [2.45, 2.75) is 6.10 Å².